The Labute approximate surface area is 210 Å². The van der Waals surface area contributed by atoms with Gasteiger partial charge >= 0.3 is 11.8 Å². The number of nitrogens with zero attached hydrogens (tertiary/aromatic N) is 2. The molecule has 1 aromatic heterocycles. The SMILES string of the molecule is CCOCn1nc(C(=O)[C@H](CC(C)C)NC(=O)[C@H](CC(C)C)NC(=O)OCc2ccccc2)oc1=O. The van der Waals surface area contributed by atoms with Crippen LogP contribution in [0.1, 0.15) is 63.7 Å². The molecule has 11 heteroatoms. The molecule has 0 aliphatic heterocycles. The topological polar surface area (TPSA) is 142 Å². The van der Waals surface area contributed by atoms with Crippen LogP contribution >= 0.6 is 0 Å². The van der Waals surface area contributed by atoms with Gasteiger partial charge < -0.3 is 24.5 Å². The van der Waals surface area contributed by atoms with Crippen molar-refractivity contribution < 1.29 is 28.3 Å². The summed E-state index contributed by atoms with van der Waals surface area (Å²) in [5.74, 6) is -2.33. The Morgan fingerprint density at radius 1 is 1.00 bits per heavy atom. The molecule has 0 bridgehead atoms. The first-order valence-corrected chi connectivity index (χ1v) is 12.1. The van der Waals surface area contributed by atoms with E-state index in [1.54, 1.807) is 6.92 Å². The zero-order valence-electron chi connectivity index (χ0n) is 21.5. The predicted octanol–water partition coefficient (Wildman–Crippen LogP) is 2.88. The Hall–Kier alpha value is -3.47. The minimum atomic E-state index is -1.01. The number of aromatic nitrogens is 2. The highest BCUT2D eigenvalue weighted by Crippen LogP contribution is 2.12. The van der Waals surface area contributed by atoms with Crippen LogP contribution in [0.15, 0.2) is 39.5 Å². The number of carbonyl (C=O) groups excluding carboxylic acids is 3. The Balaban J connectivity index is 2.11. The summed E-state index contributed by atoms with van der Waals surface area (Å²) in [6, 6.07) is 7.23. The lowest BCUT2D eigenvalue weighted by Gasteiger charge is -2.24. The van der Waals surface area contributed by atoms with Crippen LogP contribution in [0, 0.1) is 11.8 Å². The molecule has 2 amide bonds. The minimum absolute atomic E-state index is 0.0313. The lowest BCUT2D eigenvalue weighted by molar-refractivity contribution is -0.124. The molecule has 0 saturated heterocycles. The number of Topliss-reactive ketones (excluding diaryl/α,β-unsaturated/α-hetero) is 1. The Bertz CT molecular complexity index is 1050. The number of carbonyl (C=O) groups is 3. The molecule has 0 fully saturated rings. The molecule has 11 nitrogen and oxygen atoms in total. The molecule has 36 heavy (non-hydrogen) atoms. The second-order valence-electron chi connectivity index (χ2n) is 9.24. The molecule has 2 atom stereocenters. The maximum atomic E-state index is 13.2. The molecule has 0 aliphatic carbocycles. The van der Waals surface area contributed by atoms with E-state index >= 15 is 0 Å². The number of amides is 2. The lowest BCUT2D eigenvalue weighted by Crippen LogP contribution is -2.52. The average Bonchev–Trinajstić information content (AvgIpc) is 3.20. The Morgan fingerprint density at radius 2 is 1.64 bits per heavy atom. The van der Waals surface area contributed by atoms with Crippen molar-refractivity contribution in [1.29, 1.82) is 0 Å². The van der Waals surface area contributed by atoms with Gasteiger partial charge in [-0.05, 0) is 37.2 Å². The van der Waals surface area contributed by atoms with Crippen molar-refractivity contribution in [3.8, 4) is 0 Å². The van der Waals surface area contributed by atoms with E-state index < -0.39 is 41.5 Å². The van der Waals surface area contributed by atoms with Gasteiger partial charge in [0.25, 0.3) is 5.89 Å². The number of hydrogen-bond acceptors (Lipinski definition) is 8. The van der Waals surface area contributed by atoms with Crippen molar-refractivity contribution in [3.63, 3.8) is 0 Å². The van der Waals surface area contributed by atoms with Gasteiger partial charge in [0.1, 0.15) is 19.4 Å². The number of rotatable bonds is 14. The van der Waals surface area contributed by atoms with Crippen molar-refractivity contribution in [2.24, 2.45) is 11.8 Å². The minimum Gasteiger partial charge on any atom is -0.445 e. The normalized spacial score (nSPS) is 12.9. The van der Waals surface area contributed by atoms with Crippen molar-refractivity contribution in [1.82, 2.24) is 20.4 Å². The van der Waals surface area contributed by atoms with Crippen molar-refractivity contribution in [2.75, 3.05) is 6.61 Å². The van der Waals surface area contributed by atoms with Crippen LogP contribution in [0.25, 0.3) is 0 Å². The summed E-state index contributed by atoms with van der Waals surface area (Å²) >= 11 is 0. The van der Waals surface area contributed by atoms with E-state index in [1.165, 1.54) is 0 Å². The Kier molecular flexibility index (Phi) is 11.3. The van der Waals surface area contributed by atoms with Gasteiger partial charge in [0.05, 0.1) is 6.04 Å². The summed E-state index contributed by atoms with van der Waals surface area (Å²) in [4.78, 5) is 50.7. The number of ketones is 1. The van der Waals surface area contributed by atoms with Gasteiger partial charge in [-0.1, -0.05) is 58.0 Å². The molecule has 1 heterocycles. The van der Waals surface area contributed by atoms with E-state index in [9.17, 15) is 19.2 Å². The van der Waals surface area contributed by atoms with Gasteiger partial charge in [-0.2, -0.15) is 4.68 Å². The molecule has 0 aliphatic rings. The van der Waals surface area contributed by atoms with Crippen LogP contribution in [-0.4, -0.2) is 46.3 Å². The summed E-state index contributed by atoms with van der Waals surface area (Å²) in [7, 11) is 0. The van der Waals surface area contributed by atoms with E-state index in [0.29, 0.717) is 13.0 Å². The van der Waals surface area contributed by atoms with Gasteiger partial charge in [-0.25, -0.2) is 9.59 Å². The molecular weight excluding hydrogens is 468 g/mol. The standard InChI is InChI=1S/C25H36N4O7/c1-6-34-15-29-25(33)36-23(28-29)21(30)19(12-16(2)3)26-22(31)20(13-17(4)5)27-24(32)35-14-18-10-8-7-9-11-18/h7-11,16-17,19-20H,6,12-15H2,1-5H3,(H,26,31)(H,27,32)/t19-,20-/m0/s1. The summed E-state index contributed by atoms with van der Waals surface area (Å²) < 4.78 is 16.3. The zero-order valence-corrected chi connectivity index (χ0v) is 21.5. The maximum absolute atomic E-state index is 13.2. The molecule has 0 saturated carbocycles. The van der Waals surface area contributed by atoms with Crippen LogP contribution < -0.4 is 16.4 Å². The van der Waals surface area contributed by atoms with Gasteiger partial charge in [0, 0.05) is 6.61 Å². The summed E-state index contributed by atoms with van der Waals surface area (Å²) in [6.07, 6.45) is -0.140. The fraction of sp³-hybridized carbons (Fsp3) is 0.560. The smallest absolute Gasteiger partial charge is 0.439 e. The fourth-order valence-corrected chi connectivity index (χ4v) is 3.40. The number of alkyl carbamates (subject to hydrolysis) is 1. The van der Waals surface area contributed by atoms with E-state index in [-0.39, 0.29) is 31.6 Å². The third-order valence-corrected chi connectivity index (χ3v) is 5.10. The van der Waals surface area contributed by atoms with Crippen LogP contribution in [0.2, 0.25) is 0 Å². The molecule has 1 aromatic carbocycles. The zero-order chi connectivity index (χ0) is 26.7. The summed E-state index contributed by atoms with van der Waals surface area (Å²) in [5.41, 5.74) is 0.811. The van der Waals surface area contributed by atoms with Gasteiger partial charge in [0.2, 0.25) is 11.7 Å². The van der Waals surface area contributed by atoms with E-state index in [2.05, 4.69) is 15.7 Å². The molecule has 2 rings (SSSR count). The van der Waals surface area contributed by atoms with Crippen molar-refractivity contribution in [3.05, 3.63) is 52.3 Å². The third kappa shape index (κ3) is 9.29. The first-order chi connectivity index (χ1) is 17.1. The molecular formula is C25H36N4O7. The highest BCUT2D eigenvalue weighted by molar-refractivity contribution is 5.99. The van der Waals surface area contributed by atoms with Gasteiger partial charge in [0.15, 0.2) is 0 Å². The maximum Gasteiger partial charge on any atom is 0.439 e. The van der Waals surface area contributed by atoms with Crippen LogP contribution in [0.4, 0.5) is 4.79 Å². The molecule has 0 spiro atoms. The highest BCUT2D eigenvalue weighted by atomic mass is 16.5. The van der Waals surface area contributed by atoms with Crippen molar-refractivity contribution >= 4 is 17.8 Å². The quantitative estimate of drug-likeness (QED) is 0.374. The fourth-order valence-electron chi connectivity index (χ4n) is 3.40. The monoisotopic (exact) mass is 504 g/mol. The first-order valence-electron chi connectivity index (χ1n) is 12.1. The van der Waals surface area contributed by atoms with Crippen LogP contribution in [-0.2, 0) is 27.6 Å². The van der Waals surface area contributed by atoms with E-state index in [1.807, 2.05) is 58.0 Å². The van der Waals surface area contributed by atoms with Gasteiger partial charge in [-0.3, -0.25) is 9.59 Å². The number of nitrogens with one attached hydrogen (secondary N) is 2. The molecule has 0 unspecified atom stereocenters. The molecule has 198 valence electrons. The second-order valence-corrected chi connectivity index (χ2v) is 9.24. The largest absolute Gasteiger partial charge is 0.445 e. The van der Waals surface area contributed by atoms with Crippen molar-refractivity contribution in [2.45, 2.75) is 72.9 Å². The lowest BCUT2D eigenvalue weighted by atomic mass is 9.98. The third-order valence-electron chi connectivity index (χ3n) is 5.10. The van der Waals surface area contributed by atoms with E-state index in [4.69, 9.17) is 13.9 Å². The Morgan fingerprint density at radius 3 is 2.25 bits per heavy atom. The van der Waals surface area contributed by atoms with Crippen LogP contribution in [0.5, 0.6) is 0 Å². The summed E-state index contributed by atoms with van der Waals surface area (Å²) in [5, 5.41) is 9.20. The van der Waals surface area contributed by atoms with Gasteiger partial charge in [-0.15, -0.1) is 5.10 Å². The molecule has 2 aromatic rings. The van der Waals surface area contributed by atoms with E-state index in [0.717, 1.165) is 10.2 Å². The highest BCUT2D eigenvalue weighted by Gasteiger charge is 2.31. The molecule has 0 radical (unpaired) electrons. The number of ether oxygens (including phenoxy) is 2. The molecule has 2 N–H and O–H groups in total. The second kappa shape index (κ2) is 14.2. The first kappa shape index (κ1) is 28.8. The predicted molar refractivity (Wildman–Crippen MR) is 131 cm³/mol. The summed E-state index contributed by atoms with van der Waals surface area (Å²) in [6.45, 7) is 9.61. The number of hydrogen-bond donors (Lipinski definition) is 2. The average molecular weight is 505 g/mol. The number of benzene rings is 1. The van der Waals surface area contributed by atoms with Crippen LogP contribution in [0.3, 0.4) is 0 Å².